The Balaban J connectivity index is 1.48. The number of anilines is 2. The van der Waals surface area contributed by atoms with E-state index in [1.807, 2.05) is 36.4 Å². The van der Waals surface area contributed by atoms with Crippen LogP contribution < -0.4 is 15.5 Å². The standard InChI is InChI=1S/C17H21N5O/c23-16(12-20-14-6-2-1-3-7-14)21-15-8-4-11-22(13-15)17-18-9-5-10-19-17/h1-3,5-7,9-10,15,20H,4,8,11-13H2,(H,21,23). The summed E-state index contributed by atoms with van der Waals surface area (Å²) in [5, 5.41) is 6.22. The van der Waals surface area contributed by atoms with Gasteiger partial charge in [-0.1, -0.05) is 18.2 Å². The van der Waals surface area contributed by atoms with Crippen LogP contribution in [0, 0.1) is 0 Å². The molecule has 1 aliphatic rings. The summed E-state index contributed by atoms with van der Waals surface area (Å²) in [4.78, 5) is 22.8. The lowest BCUT2D eigenvalue weighted by molar-refractivity contribution is -0.120. The van der Waals surface area contributed by atoms with E-state index in [1.54, 1.807) is 12.4 Å². The predicted octanol–water partition coefficient (Wildman–Crippen LogP) is 1.67. The third-order valence-corrected chi connectivity index (χ3v) is 3.85. The summed E-state index contributed by atoms with van der Waals surface area (Å²) in [6.45, 7) is 1.96. The van der Waals surface area contributed by atoms with E-state index in [0.717, 1.165) is 37.6 Å². The molecule has 6 nitrogen and oxygen atoms in total. The van der Waals surface area contributed by atoms with E-state index in [-0.39, 0.29) is 18.5 Å². The number of para-hydroxylation sites is 1. The van der Waals surface area contributed by atoms with Gasteiger partial charge in [0.05, 0.1) is 6.54 Å². The van der Waals surface area contributed by atoms with Crippen LogP contribution in [0.5, 0.6) is 0 Å². The minimum absolute atomic E-state index is 0.00897. The summed E-state index contributed by atoms with van der Waals surface area (Å²) in [7, 11) is 0. The van der Waals surface area contributed by atoms with E-state index >= 15 is 0 Å². The van der Waals surface area contributed by atoms with E-state index in [1.165, 1.54) is 0 Å². The van der Waals surface area contributed by atoms with Gasteiger partial charge in [0, 0.05) is 37.2 Å². The fraction of sp³-hybridized carbons (Fsp3) is 0.353. The van der Waals surface area contributed by atoms with Gasteiger partial charge in [0.15, 0.2) is 0 Å². The summed E-state index contributed by atoms with van der Waals surface area (Å²) < 4.78 is 0. The van der Waals surface area contributed by atoms with Crippen molar-refractivity contribution in [3.63, 3.8) is 0 Å². The van der Waals surface area contributed by atoms with Crippen LogP contribution in [-0.4, -0.2) is 41.6 Å². The molecule has 0 saturated carbocycles. The highest BCUT2D eigenvalue weighted by molar-refractivity contribution is 5.81. The highest BCUT2D eigenvalue weighted by Crippen LogP contribution is 2.15. The molecule has 23 heavy (non-hydrogen) atoms. The van der Waals surface area contributed by atoms with E-state index < -0.39 is 0 Å². The maximum Gasteiger partial charge on any atom is 0.239 e. The van der Waals surface area contributed by atoms with Crippen molar-refractivity contribution in [1.82, 2.24) is 15.3 Å². The van der Waals surface area contributed by atoms with Gasteiger partial charge in [-0.3, -0.25) is 4.79 Å². The fourth-order valence-corrected chi connectivity index (χ4v) is 2.75. The van der Waals surface area contributed by atoms with Gasteiger partial charge in [-0.15, -0.1) is 0 Å². The predicted molar refractivity (Wildman–Crippen MR) is 90.3 cm³/mol. The maximum absolute atomic E-state index is 12.1. The largest absolute Gasteiger partial charge is 0.376 e. The Kier molecular flexibility index (Phi) is 5.03. The number of amides is 1. The number of hydrogen-bond donors (Lipinski definition) is 2. The summed E-state index contributed by atoms with van der Waals surface area (Å²) >= 11 is 0. The van der Waals surface area contributed by atoms with Crippen molar-refractivity contribution in [2.24, 2.45) is 0 Å². The summed E-state index contributed by atoms with van der Waals surface area (Å²) in [5.74, 6) is 0.739. The van der Waals surface area contributed by atoms with Crippen molar-refractivity contribution in [2.75, 3.05) is 29.9 Å². The van der Waals surface area contributed by atoms with Crippen molar-refractivity contribution in [3.8, 4) is 0 Å². The van der Waals surface area contributed by atoms with E-state index in [2.05, 4.69) is 25.5 Å². The highest BCUT2D eigenvalue weighted by atomic mass is 16.2. The molecule has 2 heterocycles. The Bertz CT molecular complexity index is 619. The van der Waals surface area contributed by atoms with Crippen molar-refractivity contribution in [1.29, 1.82) is 0 Å². The zero-order valence-electron chi connectivity index (χ0n) is 13.0. The Morgan fingerprint density at radius 2 is 1.96 bits per heavy atom. The normalized spacial score (nSPS) is 17.6. The van der Waals surface area contributed by atoms with Gasteiger partial charge in [0.2, 0.25) is 11.9 Å². The third kappa shape index (κ3) is 4.42. The monoisotopic (exact) mass is 311 g/mol. The number of benzene rings is 1. The Labute approximate surface area is 135 Å². The summed E-state index contributed by atoms with van der Waals surface area (Å²) in [6, 6.07) is 11.7. The lowest BCUT2D eigenvalue weighted by Crippen LogP contribution is -2.49. The van der Waals surface area contributed by atoms with Crippen LogP contribution in [0.15, 0.2) is 48.8 Å². The molecule has 3 rings (SSSR count). The highest BCUT2D eigenvalue weighted by Gasteiger charge is 2.22. The number of aromatic nitrogens is 2. The molecule has 1 atom stereocenters. The molecule has 1 fully saturated rings. The van der Waals surface area contributed by atoms with Crippen LogP contribution in [0.3, 0.4) is 0 Å². The van der Waals surface area contributed by atoms with Gasteiger partial charge in [0.25, 0.3) is 0 Å². The third-order valence-electron chi connectivity index (χ3n) is 3.85. The molecule has 1 aromatic heterocycles. The van der Waals surface area contributed by atoms with Crippen LogP contribution >= 0.6 is 0 Å². The van der Waals surface area contributed by atoms with Crippen molar-refractivity contribution >= 4 is 17.5 Å². The number of nitrogens with zero attached hydrogens (tertiary/aromatic N) is 3. The first-order valence-corrected chi connectivity index (χ1v) is 7.91. The fourth-order valence-electron chi connectivity index (χ4n) is 2.75. The molecule has 1 aromatic carbocycles. The molecule has 0 radical (unpaired) electrons. The minimum Gasteiger partial charge on any atom is -0.376 e. The molecule has 2 aromatic rings. The van der Waals surface area contributed by atoms with Gasteiger partial charge in [-0.05, 0) is 31.0 Å². The molecule has 1 unspecified atom stereocenters. The summed E-state index contributed by atoms with van der Waals surface area (Å²) in [5.41, 5.74) is 0.950. The molecule has 1 aliphatic heterocycles. The van der Waals surface area contributed by atoms with E-state index in [0.29, 0.717) is 0 Å². The van der Waals surface area contributed by atoms with Gasteiger partial charge in [0.1, 0.15) is 0 Å². The first-order valence-electron chi connectivity index (χ1n) is 7.91. The lowest BCUT2D eigenvalue weighted by atomic mass is 10.1. The number of piperidine rings is 1. The Hall–Kier alpha value is -2.63. The molecule has 0 bridgehead atoms. The van der Waals surface area contributed by atoms with Gasteiger partial charge in [-0.25, -0.2) is 9.97 Å². The van der Waals surface area contributed by atoms with Crippen LogP contribution in [0.4, 0.5) is 11.6 Å². The average molecular weight is 311 g/mol. The van der Waals surface area contributed by atoms with Crippen LogP contribution in [0.2, 0.25) is 0 Å². The number of hydrogen-bond acceptors (Lipinski definition) is 5. The Morgan fingerprint density at radius 1 is 1.17 bits per heavy atom. The van der Waals surface area contributed by atoms with E-state index in [9.17, 15) is 4.79 Å². The van der Waals surface area contributed by atoms with Crippen molar-refractivity contribution in [3.05, 3.63) is 48.8 Å². The van der Waals surface area contributed by atoms with Gasteiger partial charge in [-0.2, -0.15) is 0 Å². The number of rotatable bonds is 5. The molecule has 1 amide bonds. The van der Waals surface area contributed by atoms with Gasteiger partial charge >= 0.3 is 0 Å². The second kappa shape index (κ2) is 7.58. The maximum atomic E-state index is 12.1. The molecular formula is C17H21N5O. The second-order valence-corrected chi connectivity index (χ2v) is 5.62. The number of carbonyl (C=O) groups is 1. The lowest BCUT2D eigenvalue weighted by Gasteiger charge is -2.33. The molecule has 6 heteroatoms. The molecular weight excluding hydrogens is 290 g/mol. The Morgan fingerprint density at radius 3 is 2.74 bits per heavy atom. The minimum atomic E-state index is 0.00897. The number of nitrogens with one attached hydrogen (secondary N) is 2. The topological polar surface area (TPSA) is 70.2 Å². The van der Waals surface area contributed by atoms with Crippen molar-refractivity contribution < 1.29 is 4.79 Å². The van der Waals surface area contributed by atoms with Crippen molar-refractivity contribution in [2.45, 2.75) is 18.9 Å². The molecule has 0 aliphatic carbocycles. The molecule has 120 valence electrons. The van der Waals surface area contributed by atoms with Crippen LogP contribution in [-0.2, 0) is 4.79 Å². The smallest absolute Gasteiger partial charge is 0.239 e. The summed E-state index contributed by atoms with van der Waals surface area (Å²) in [6.07, 6.45) is 5.50. The van der Waals surface area contributed by atoms with Crippen LogP contribution in [0.1, 0.15) is 12.8 Å². The zero-order valence-corrected chi connectivity index (χ0v) is 13.0. The number of carbonyl (C=O) groups excluding carboxylic acids is 1. The van der Waals surface area contributed by atoms with Gasteiger partial charge < -0.3 is 15.5 Å². The van der Waals surface area contributed by atoms with Crippen LogP contribution in [0.25, 0.3) is 0 Å². The molecule has 2 N–H and O–H groups in total. The molecule has 1 saturated heterocycles. The molecule has 0 spiro atoms. The van der Waals surface area contributed by atoms with E-state index in [4.69, 9.17) is 0 Å². The first kappa shape index (κ1) is 15.3. The first-order chi connectivity index (χ1) is 11.3. The second-order valence-electron chi connectivity index (χ2n) is 5.62. The zero-order chi connectivity index (χ0) is 15.9. The average Bonchev–Trinajstić information content (AvgIpc) is 2.62. The SMILES string of the molecule is O=C(CNc1ccccc1)NC1CCCN(c2ncccn2)C1. The quantitative estimate of drug-likeness (QED) is 0.879.